The molecular formula is C33H34N2O10. The van der Waals surface area contributed by atoms with E-state index in [-0.39, 0.29) is 52.6 Å². The summed E-state index contributed by atoms with van der Waals surface area (Å²) >= 11 is 0. The van der Waals surface area contributed by atoms with Crippen LogP contribution in [-0.4, -0.2) is 74.3 Å². The van der Waals surface area contributed by atoms with Crippen LogP contribution in [0.25, 0.3) is 0 Å². The topological polar surface area (TPSA) is 198 Å². The number of nitrogens with one attached hydrogen (secondary N) is 1. The van der Waals surface area contributed by atoms with Crippen molar-refractivity contribution in [3.8, 4) is 11.5 Å². The van der Waals surface area contributed by atoms with E-state index in [2.05, 4.69) is 5.32 Å². The number of rotatable bonds is 5. The average molecular weight is 619 g/mol. The summed E-state index contributed by atoms with van der Waals surface area (Å²) in [5.41, 5.74) is 4.02. The fourth-order valence-electron chi connectivity index (χ4n) is 6.43. The van der Waals surface area contributed by atoms with E-state index in [1.165, 1.54) is 19.1 Å². The number of phenols is 2. The van der Waals surface area contributed by atoms with Gasteiger partial charge in [-0.15, -0.1) is 0 Å². The van der Waals surface area contributed by atoms with Gasteiger partial charge < -0.3 is 40.4 Å². The molecule has 12 nitrogen and oxygen atoms in total. The van der Waals surface area contributed by atoms with Crippen molar-refractivity contribution in [1.29, 1.82) is 0 Å². The van der Waals surface area contributed by atoms with Gasteiger partial charge in [0.25, 0.3) is 0 Å². The Bertz CT molecular complexity index is 1670. The minimum atomic E-state index is -1.88. The van der Waals surface area contributed by atoms with Crippen LogP contribution in [0.3, 0.4) is 0 Å². The summed E-state index contributed by atoms with van der Waals surface area (Å²) in [7, 11) is 0. The second kappa shape index (κ2) is 11.5. The number of anilines is 1. The van der Waals surface area contributed by atoms with Gasteiger partial charge in [-0.05, 0) is 26.0 Å². The number of phenolic OH excluding ortho intramolecular Hbond substituents is 2. The quantitative estimate of drug-likeness (QED) is 0.180. The number of aliphatic hydroxyl groups is 2. The highest BCUT2D eigenvalue weighted by molar-refractivity contribution is 6.30. The summed E-state index contributed by atoms with van der Waals surface area (Å²) < 4.78 is 17.6. The minimum Gasteiger partial charge on any atom is -0.507 e. The third-order valence-corrected chi connectivity index (χ3v) is 8.93. The Hall–Kier alpha value is -4.33. The summed E-state index contributed by atoms with van der Waals surface area (Å²) in [6.45, 7) is 3.09. The fraction of sp³-hybridized carbons (Fsp3) is 0.364. The molecule has 0 saturated carbocycles. The molecule has 0 aromatic heterocycles. The Labute approximate surface area is 258 Å². The number of aliphatic hydroxyl groups excluding tert-OH is 1. The Morgan fingerprint density at radius 3 is 2.24 bits per heavy atom. The van der Waals surface area contributed by atoms with Gasteiger partial charge in [0.2, 0.25) is 0 Å². The first-order valence-electron chi connectivity index (χ1n) is 14.7. The van der Waals surface area contributed by atoms with Crippen LogP contribution >= 0.6 is 0 Å². The SMILES string of the molecule is C[C@H]1O[C@@H](O[C@H]2CC(O)([C@@H](C)OC(=O)Nc3ccccc3)Cc3c(O)c4c(c(O)c32)C(=O)c2ccccc2C4=O)C[C@H](N)[C@H]1O. The lowest BCUT2D eigenvalue weighted by Gasteiger charge is -2.44. The van der Waals surface area contributed by atoms with Gasteiger partial charge in [0, 0.05) is 53.2 Å². The zero-order valence-electron chi connectivity index (χ0n) is 24.6. The summed E-state index contributed by atoms with van der Waals surface area (Å²) in [4.78, 5) is 39.9. The van der Waals surface area contributed by atoms with Gasteiger partial charge in [0.05, 0.1) is 29.4 Å². The normalized spacial score (nSPS) is 28.0. The van der Waals surface area contributed by atoms with Gasteiger partial charge in [0.1, 0.15) is 23.2 Å². The summed E-state index contributed by atoms with van der Waals surface area (Å²) in [6.07, 6.45) is -6.49. The predicted octanol–water partition coefficient (Wildman–Crippen LogP) is 3.07. The molecule has 2 aliphatic carbocycles. The second-order valence-electron chi connectivity index (χ2n) is 11.9. The van der Waals surface area contributed by atoms with Crippen molar-refractivity contribution < 1.29 is 49.0 Å². The fourth-order valence-corrected chi connectivity index (χ4v) is 6.43. The lowest BCUT2D eigenvalue weighted by Crippen LogP contribution is -2.53. The Morgan fingerprint density at radius 2 is 1.62 bits per heavy atom. The maximum Gasteiger partial charge on any atom is 0.411 e. The number of carbonyl (C=O) groups excluding carboxylic acids is 3. The molecule has 1 saturated heterocycles. The van der Waals surface area contributed by atoms with E-state index in [0.29, 0.717) is 5.69 Å². The molecular weight excluding hydrogens is 584 g/mol. The van der Waals surface area contributed by atoms with Crippen LogP contribution in [0.4, 0.5) is 10.5 Å². The first kappa shape index (κ1) is 30.7. The lowest BCUT2D eigenvalue weighted by atomic mass is 9.71. The van der Waals surface area contributed by atoms with Crippen molar-refractivity contribution in [1.82, 2.24) is 0 Å². The molecule has 3 aliphatic rings. The van der Waals surface area contributed by atoms with E-state index >= 15 is 0 Å². The van der Waals surface area contributed by atoms with Crippen molar-refractivity contribution in [3.05, 3.63) is 88.0 Å². The number of ether oxygens (including phenoxy) is 3. The van der Waals surface area contributed by atoms with Gasteiger partial charge in [-0.25, -0.2) is 4.79 Å². The Balaban J connectivity index is 1.41. The smallest absolute Gasteiger partial charge is 0.411 e. The second-order valence-corrected chi connectivity index (χ2v) is 11.9. The van der Waals surface area contributed by atoms with Crippen molar-refractivity contribution >= 4 is 23.3 Å². The molecule has 236 valence electrons. The number of benzene rings is 3. The minimum absolute atomic E-state index is 0.00617. The lowest BCUT2D eigenvalue weighted by molar-refractivity contribution is -0.250. The number of para-hydroxylation sites is 1. The molecule has 45 heavy (non-hydrogen) atoms. The Kier molecular flexibility index (Phi) is 7.88. The third-order valence-electron chi connectivity index (χ3n) is 8.93. The molecule has 0 radical (unpaired) electrons. The number of aromatic hydroxyl groups is 2. The van der Waals surface area contributed by atoms with Gasteiger partial charge in [0.15, 0.2) is 17.9 Å². The number of hydrogen-bond acceptors (Lipinski definition) is 11. The maximum absolute atomic E-state index is 13.6. The number of ketones is 2. The van der Waals surface area contributed by atoms with Crippen molar-refractivity contribution in [2.75, 3.05) is 5.32 Å². The van der Waals surface area contributed by atoms with Crippen LogP contribution in [0.1, 0.15) is 75.8 Å². The van der Waals surface area contributed by atoms with Crippen molar-refractivity contribution in [2.24, 2.45) is 5.73 Å². The number of amides is 1. The summed E-state index contributed by atoms with van der Waals surface area (Å²) in [5, 5.41) is 48.1. The summed E-state index contributed by atoms with van der Waals surface area (Å²) in [5.74, 6) is -2.49. The van der Waals surface area contributed by atoms with E-state index in [4.69, 9.17) is 19.9 Å². The van der Waals surface area contributed by atoms with E-state index in [1.54, 1.807) is 49.4 Å². The highest BCUT2D eigenvalue weighted by Gasteiger charge is 2.50. The number of hydrogen-bond donors (Lipinski definition) is 6. The van der Waals surface area contributed by atoms with Crippen LogP contribution in [0.2, 0.25) is 0 Å². The molecule has 6 rings (SSSR count). The number of fused-ring (bicyclic) bond motifs is 3. The largest absolute Gasteiger partial charge is 0.507 e. The number of carbonyl (C=O) groups is 3. The molecule has 3 aromatic carbocycles. The molecule has 12 heteroatoms. The Morgan fingerprint density at radius 1 is 1.02 bits per heavy atom. The van der Waals surface area contributed by atoms with Crippen LogP contribution in [0.5, 0.6) is 11.5 Å². The van der Waals surface area contributed by atoms with Gasteiger partial charge in [-0.1, -0.05) is 42.5 Å². The molecule has 1 unspecified atom stereocenters. The number of nitrogens with two attached hydrogens (primary N) is 1. The van der Waals surface area contributed by atoms with Gasteiger partial charge in [-0.3, -0.25) is 14.9 Å². The predicted molar refractivity (Wildman–Crippen MR) is 159 cm³/mol. The van der Waals surface area contributed by atoms with E-state index in [0.717, 1.165) is 0 Å². The molecule has 3 aromatic rings. The van der Waals surface area contributed by atoms with Crippen LogP contribution < -0.4 is 11.1 Å². The van der Waals surface area contributed by atoms with Gasteiger partial charge in [-0.2, -0.15) is 0 Å². The monoisotopic (exact) mass is 618 g/mol. The first-order chi connectivity index (χ1) is 21.4. The first-order valence-corrected chi connectivity index (χ1v) is 14.7. The third kappa shape index (κ3) is 5.34. The van der Waals surface area contributed by atoms with E-state index < -0.39 is 71.5 Å². The molecule has 1 amide bonds. The van der Waals surface area contributed by atoms with Crippen LogP contribution in [0, 0.1) is 0 Å². The van der Waals surface area contributed by atoms with Crippen LogP contribution in [-0.2, 0) is 20.6 Å². The standard InChI is InChI=1S/C33H34N2O10/c1-15-27(36)21(34)12-23(43-15)45-22-14-33(42,16(2)44-32(41)35-17-8-4-3-5-9-17)13-20-24(22)31(40)26-25(30(20)39)28(37)18-10-6-7-11-19(18)29(26)38/h3-11,15-16,21-23,27,36,39-40,42H,12-14,34H2,1-2H3,(H,35,41)/t15-,16-,21+,22+,23+,27+,33?/m1/s1. The molecule has 0 bridgehead atoms. The van der Waals surface area contributed by atoms with Gasteiger partial charge >= 0.3 is 6.09 Å². The molecule has 0 spiro atoms. The van der Waals surface area contributed by atoms with Crippen molar-refractivity contribution in [2.45, 2.75) is 75.5 Å². The highest BCUT2D eigenvalue weighted by Crippen LogP contribution is 2.52. The van der Waals surface area contributed by atoms with E-state index in [9.17, 15) is 34.8 Å². The molecule has 1 heterocycles. The zero-order valence-corrected chi connectivity index (χ0v) is 24.6. The molecule has 7 N–H and O–H groups in total. The molecule has 1 aliphatic heterocycles. The zero-order chi connectivity index (χ0) is 32.2. The van der Waals surface area contributed by atoms with E-state index in [1.807, 2.05) is 0 Å². The average Bonchev–Trinajstić information content (AvgIpc) is 3.00. The molecule has 7 atom stereocenters. The maximum atomic E-state index is 13.6. The van der Waals surface area contributed by atoms with Crippen molar-refractivity contribution in [3.63, 3.8) is 0 Å². The highest BCUT2D eigenvalue weighted by atomic mass is 16.7. The van der Waals surface area contributed by atoms with Crippen LogP contribution in [0.15, 0.2) is 54.6 Å². The summed E-state index contributed by atoms with van der Waals surface area (Å²) in [6, 6.07) is 13.9. The molecule has 1 fully saturated rings.